The van der Waals surface area contributed by atoms with E-state index in [4.69, 9.17) is 4.74 Å². The van der Waals surface area contributed by atoms with Gasteiger partial charge in [0.2, 0.25) is 5.91 Å². The molecule has 2 heterocycles. The molecule has 4 rings (SSSR count). The zero-order valence-corrected chi connectivity index (χ0v) is 16.5. The Morgan fingerprint density at radius 3 is 2.83 bits per heavy atom. The first-order chi connectivity index (χ1) is 14.5. The summed E-state index contributed by atoms with van der Waals surface area (Å²) in [5.74, 6) is -0.0267. The summed E-state index contributed by atoms with van der Waals surface area (Å²) in [6.07, 6.45) is 2.17. The quantitative estimate of drug-likeness (QED) is 0.525. The predicted octanol–water partition coefficient (Wildman–Crippen LogP) is 2.67. The van der Waals surface area contributed by atoms with Crippen molar-refractivity contribution < 1.29 is 19.1 Å². The number of aromatic amines is 1. The van der Waals surface area contributed by atoms with Crippen molar-refractivity contribution in [3.8, 4) is 5.75 Å². The minimum Gasteiger partial charge on any atom is -0.496 e. The Bertz CT molecular complexity index is 1110. The second-order valence-corrected chi connectivity index (χ2v) is 7.09. The fraction of sp³-hybridized carbons (Fsp3) is 0.227. The molecule has 30 heavy (non-hydrogen) atoms. The number of carbonyl (C=O) groups excluding carboxylic acids is 3. The van der Waals surface area contributed by atoms with Crippen molar-refractivity contribution >= 4 is 34.4 Å². The number of methoxy groups -OCH3 is 1. The third-order valence-corrected chi connectivity index (χ3v) is 5.13. The van der Waals surface area contributed by atoms with Crippen LogP contribution in [0.1, 0.15) is 12.0 Å². The number of aromatic nitrogens is 1. The fourth-order valence-electron chi connectivity index (χ4n) is 3.60. The highest BCUT2D eigenvalue weighted by atomic mass is 16.5. The lowest BCUT2D eigenvalue weighted by Gasteiger charge is -2.14. The molecule has 8 nitrogen and oxygen atoms in total. The van der Waals surface area contributed by atoms with Crippen LogP contribution in [0.15, 0.2) is 54.7 Å². The summed E-state index contributed by atoms with van der Waals surface area (Å²) < 4.78 is 5.31. The van der Waals surface area contributed by atoms with Crippen LogP contribution in [0.2, 0.25) is 0 Å². The third-order valence-electron chi connectivity index (χ3n) is 5.13. The van der Waals surface area contributed by atoms with Gasteiger partial charge in [-0.1, -0.05) is 18.2 Å². The van der Waals surface area contributed by atoms with Gasteiger partial charge < -0.3 is 20.4 Å². The lowest BCUT2D eigenvalue weighted by atomic mass is 10.1. The lowest BCUT2D eigenvalue weighted by molar-refractivity contribution is -0.129. The van der Waals surface area contributed by atoms with E-state index in [0.717, 1.165) is 21.4 Å². The van der Waals surface area contributed by atoms with Crippen LogP contribution in [0, 0.1) is 0 Å². The van der Waals surface area contributed by atoms with E-state index < -0.39 is 18.0 Å². The summed E-state index contributed by atoms with van der Waals surface area (Å²) in [4.78, 5) is 41.5. The first kappa shape index (κ1) is 19.5. The molecule has 8 heteroatoms. The molecule has 0 saturated carbocycles. The molecule has 4 amide bonds. The van der Waals surface area contributed by atoms with E-state index in [1.54, 1.807) is 13.2 Å². The molecule has 0 spiro atoms. The molecule has 154 valence electrons. The van der Waals surface area contributed by atoms with Gasteiger partial charge in [-0.3, -0.25) is 14.5 Å². The molecule has 1 aromatic heterocycles. The second-order valence-electron chi connectivity index (χ2n) is 7.09. The van der Waals surface area contributed by atoms with E-state index in [2.05, 4.69) is 15.6 Å². The summed E-state index contributed by atoms with van der Waals surface area (Å²) in [5, 5.41) is 6.36. The van der Waals surface area contributed by atoms with Gasteiger partial charge in [0.05, 0.1) is 13.5 Å². The van der Waals surface area contributed by atoms with Crippen LogP contribution in [0.3, 0.4) is 0 Å². The molecule has 1 atom stereocenters. The molecular formula is C22H22N4O4. The number of ether oxygens (including phenoxy) is 1. The fourth-order valence-corrected chi connectivity index (χ4v) is 3.60. The maximum Gasteiger partial charge on any atom is 0.324 e. The Balaban J connectivity index is 1.35. The summed E-state index contributed by atoms with van der Waals surface area (Å²) in [5.41, 5.74) is 2.51. The predicted molar refractivity (Wildman–Crippen MR) is 112 cm³/mol. The number of nitrogens with zero attached hydrogens (tertiary/aromatic N) is 1. The van der Waals surface area contributed by atoms with Gasteiger partial charge in [-0.25, -0.2) is 4.79 Å². The Hall–Kier alpha value is -3.81. The Morgan fingerprint density at radius 1 is 1.17 bits per heavy atom. The van der Waals surface area contributed by atoms with E-state index in [0.29, 0.717) is 17.9 Å². The number of para-hydroxylation sites is 1. The smallest absolute Gasteiger partial charge is 0.324 e. The van der Waals surface area contributed by atoms with E-state index in [1.807, 2.05) is 48.7 Å². The second kappa shape index (κ2) is 8.28. The highest BCUT2D eigenvalue weighted by molar-refractivity contribution is 6.07. The van der Waals surface area contributed by atoms with Crippen LogP contribution >= 0.6 is 0 Å². The van der Waals surface area contributed by atoms with E-state index >= 15 is 0 Å². The molecule has 0 bridgehead atoms. The summed E-state index contributed by atoms with van der Waals surface area (Å²) in [6.45, 7) is 0.216. The van der Waals surface area contributed by atoms with Crippen LogP contribution in [-0.4, -0.2) is 47.4 Å². The lowest BCUT2D eigenvalue weighted by Crippen LogP contribution is -2.35. The van der Waals surface area contributed by atoms with Gasteiger partial charge in [-0.15, -0.1) is 0 Å². The van der Waals surface area contributed by atoms with Crippen molar-refractivity contribution in [3.63, 3.8) is 0 Å². The number of hydrogen-bond donors (Lipinski definition) is 3. The Labute approximate surface area is 173 Å². The standard InChI is InChI=1S/C22H22N4O4/c1-30-19-5-3-2-4-14(19)9-11-26-21(28)18(25-22(26)29)13-20(27)24-16-6-7-17-15(12-16)8-10-23-17/h2-8,10,12,18,23H,9,11,13H2,1H3,(H,24,27)(H,25,29). The number of amides is 4. The van der Waals surface area contributed by atoms with Gasteiger partial charge in [-0.2, -0.15) is 0 Å². The number of rotatable bonds is 7. The summed E-state index contributed by atoms with van der Waals surface area (Å²) in [7, 11) is 1.58. The van der Waals surface area contributed by atoms with E-state index in [1.165, 1.54) is 0 Å². The van der Waals surface area contributed by atoms with Gasteiger partial charge in [-0.05, 0) is 42.3 Å². The Morgan fingerprint density at radius 2 is 2.00 bits per heavy atom. The molecule has 3 aromatic rings. The summed E-state index contributed by atoms with van der Waals surface area (Å²) in [6, 6.07) is 13.5. The maximum absolute atomic E-state index is 12.6. The number of hydrogen-bond acceptors (Lipinski definition) is 4. The van der Waals surface area contributed by atoms with Crippen LogP contribution in [0.4, 0.5) is 10.5 Å². The number of nitrogens with one attached hydrogen (secondary N) is 3. The van der Waals surface area contributed by atoms with E-state index in [-0.39, 0.29) is 18.9 Å². The number of benzene rings is 2. The van der Waals surface area contributed by atoms with E-state index in [9.17, 15) is 14.4 Å². The minimum absolute atomic E-state index is 0.124. The molecule has 1 unspecified atom stereocenters. The molecular weight excluding hydrogens is 384 g/mol. The zero-order chi connectivity index (χ0) is 21.1. The molecule has 2 aromatic carbocycles. The van der Waals surface area contributed by atoms with Crippen LogP contribution in [0.25, 0.3) is 10.9 Å². The molecule has 1 saturated heterocycles. The third kappa shape index (κ3) is 3.98. The minimum atomic E-state index is -0.869. The molecule has 0 aliphatic carbocycles. The number of urea groups is 1. The highest BCUT2D eigenvalue weighted by Crippen LogP contribution is 2.20. The van der Waals surface area contributed by atoms with Gasteiger partial charge in [0, 0.05) is 29.3 Å². The first-order valence-corrected chi connectivity index (χ1v) is 9.66. The average Bonchev–Trinajstić information content (AvgIpc) is 3.30. The molecule has 1 aliphatic heterocycles. The van der Waals surface area contributed by atoms with Crippen molar-refractivity contribution in [2.75, 3.05) is 19.0 Å². The van der Waals surface area contributed by atoms with Crippen LogP contribution in [-0.2, 0) is 16.0 Å². The molecule has 0 radical (unpaired) electrons. The SMILES string of the molecule is COc1ccccc1CCN1C(=O)NC(CC(=O)Nc2ccc3[nH]ccc3c2)C1=O. The molecule has 1 fully saturated rings. The molecule has 3 N–H and O–H groups in total. The Kier molecular flexibility index (Phi) is 5.38. The topological polar surface area (TPSA) is 104 Å². The maximum atomic E-state index is 12.6. The number of H-pyrrole nitrogens is 1. The monoisotopic (exact) mass is 406 g/mol. The highest BCUT2D eigenvalue weighted by Gasteiger charge is 2.38. The van der Waals surface area contributed by atoms with Gasteiger partial charge in [0.25, 0.3) is 5.91 Å². The van der Waals surface area contributed by atoms with Crippen molar-refractivity contribution in [3.05, 3.63) is 60.3 Å². The number of carbonyl (C=O) groups is 3. The normalized spacial score (nSPS) is 16.0. The largest absolute Gasteiger partial charge is 0.496 e. The van der Waals surface area contributed by atoms with Gasteiger partial charge >= 0.3 is 6.03 Å². The van der Waals surface area contributed by atoms with Gasteiger partial charge in [0.1, 0.15) is 11.8 Å². The zero-order valence-electron chi connectivity index (χ0n) is 16.5. The van der Waals surface area contributed by atoms with Crippen molar-refractivity contribution in [1.82, 2.24) is 15.2 Å². The number of fused-ring (bicyclic) bond motifs is 1. The van der Waals surface area contributed by atoms with Crippen molar-refractivity contribution in [2.24, 2.45) is 0 Å². The molecule has 1 aliphatic rings. The first-order valence-electron chi connectivity index (χ1n) is 9.66. The number of anilines is 1. The van der Waals surface area contributed by atoms with Crippen molar-refractivity contribution in [1.29, 1.82) is 0 Å². The number of imide groups is 1. The summed E-state index contributed by atoms with van der Waals surface area (Å²) >= 11 is 0. The van der Waals surface area contributed by atoms with Crippen LogP contribution < -0.4 is 15.4 Å². The van der Waals surface area contributed by atoms with Crippen molar-refractivity contribution in [2.45, 2.75) is 18.9 Å². The van der Waals surface area contributed by atoms with Crippen LogP contribution in [0.5, 0.6) is 5.75 Å². The average molecular weight is 406 g/mol. The van der Waals surface area contributed by atoms with Gasteiger partial charge in [0.15, 0.2) is 0 Å².